The van der Waals surface area contributed by atoms with E-state index in [0.29, 0.717) is 0 Å². The highest BCUT2D eigenvalue weighted by Gasteiger charge is 2.28. The van der Waals surface area contributed by atoms with Gasteiger partial charge in [0.05, 0.1) is 22.4 Å². The molecule has 0 saturated heterocycles. The fourth-order valence-corrected chi connectivity index (χ4v) is 9.69. The maximum atomic E-state index is 2.50. The third kappa shape index (κ3) is 5.09. The van der Waals surface area contributed by atoms with Crippen LogP contribution in [-0.4, -0.2) is 9.13 Å². The zero-order valence-corrected chi connectivity index (χ0v) is 30.7. The lowest BCUT2D eigenvalue weighted by atomic mass is 9.93. The molecule has 3 aromatic heterocycles. The summed E-state index contributed by atoms with van der Waals surface area (Å²) in [6.07, 6.45) is 0. The summed E-state index contributed by atoms with van der Waals surface area (Å²) in [5.74, 6) is 0. The number of benzene rings is 8. The molecule has 0 bridgehead atoms. The molecule has 0 atom stereocenters. The lowest BCUT2D eigenvalue weighted by molar-refractivity contribution is 1.13. The molecule has 0 aliphatic carbocycles. The van der Waals surface area contributed by atoms with E-state index >= 15 is 0 Å². The number of aromatic nitrogens is 2. The van der Waals surface area contributed by atoms with Crippen LogP contribution in [0.3, 0.4) is 0 Å². The van der Waals surface area contributed by atoms with Crippen molar-refractivity contribution < 1.29 is 0 Å². The molecular formula is C52H34N2S. The molecule has 0 aliphatic rings. The fourth-order valence-electron chi connectivity index (χ4n) is 8.55. The Kier molecular flexibility index (Phi) is 7.39. The highest BCUT2D eigenvalue weighted by molar-refractivity contribution is 7.25. The highest BCUT2D eigenvalue weighted by Crippen LogP contribution is 2.51. The van der Waals surface area contributed by atoms with Crippen LogP contribution < -0.4 is 0 Å². The molecule has 258 valence electrons. The van der Waals surface area contributed by atoms with Crippen molar-refractivity contribution in [2.45, 2.75) is 0 Å². The number of hydrogen-bond donors (Lipinski definition) is 0. The Bertz CT molecular complexity index is 3170. The van der Waals surface area contributed by atoms with Gasteiger partial charge in [-0.25, -0.2) is 0 Å². The van der Waals surface area contributed by atoms with E-state index in [1.54, 1.807) is 0 Å². The Balaban J connectivity index is 1.26. The average molecular weight is 719 g/mol. The summed E-state index contributed by atoms with van der Waals surface area (Å²) in [4.78, 5) is 0. The molecule has 0 radical (unpaired) electrons. The monoisotopic (exact) mass is 718 g/mol. The zero-order valence-electron chi connectivity index (χ0n) is 29.9. The molecule has 3 heterocycles. The van der Waals surface area contributed by atoms with Crippen LogP contribution in [0.25, 0.3) is 98.1 Å². The first-order valence-electron chi connectivity index (χ1n) is 18.8. The lowest BCUT2D eigenvalue weighted by Gasteiger charge is -2.16. The van der Waals surface area contributed by atoms with Gasteiger partial charge in [0, 0.05) is 53.4 Å². The van der Waals surface area contributed by atoms with Gasteiger partial charge >= 0.3 is 0 Å². The molecule has 0 spiro atoms. The van der Waals surface area contributed by atoms with E-state index in [1.807, 2.05) is 11.3 Å². The number of hydrogen-bond acceptors (Lipinski definition) is 1. The minimum atomic E-state index is 1.13. The smallest absolute Gasteiger partial charge is 0.0620 e. The first-order chi connectivity index (χ1) is 27.3. The molecule has 55 heavy (non-hydrogen) atoms. The molecular weight excluding hydrogens is 685 g/mol. The van der Waals surface area contributed by atoms with Crippen LogP contribution in [0.15, 0.2) is 206 Å². The average Bonchev–Trinajstić information content (AvgIpc) is 3.92. The van der Waals surface area contributed by atoms with E-state index in [4.69, 9.17) is 0 Å². The molecule has 0 N–H and O–H groups in total. The normalized spacial score (nSPS) is 11.6. The Morgan fingerprint density at radius 2 is 0.709 bits per heavy atom. The predicted molar refractivity (Wildman–Crippen MR) is 235 cm³/mol. The summed E-state index contributed by atoms with van der Waals surface area (Å²) in [5.41, 5.74) is 14.2. The van der Waals surface area contributed by atoms with E-state index in [9.17, 15) is 0 Å². The van der Waals surface area contributed by atoms with Gasteiger partial charge in [-0.1, -0.05) is 164 Å². The first kappa shape index (κ1) is 31.6. The first-order valence-corrected chi connectivity index (χ1v) is 19.6. The number of nitrogens with zero attached hydrogens (tertiary/aromatic N) is 2. The highest BCUT2D eigenvalue weighted by atomic mass is 32.1. The van der Waals surface area contributed by atoms with Crippen LogP contribution in [-0.2, 0) is 0 Å². The van der Waals surface area contributed by atoms with Gasteiger partial charge in [-0.3, -0.25) is 0 Å². The van der Waals surface area contributed by atoms with E-state index in [2.05, 4.69) is 215 Å². The summed E-state index contributed by atoms with van der Waals surface area (Å²) in [6.45, 7) is 0. The zero-order chi connectivity index (χ0) is 36.3. The SMILES string of the molecule is c1ccc(-c2ccc(-n3c(-c4ccccc4)c(-c4c(-c5ccccc5)n(-c5ccc6c(c5)sc5ccccc56)c5ccccc45)c4ccccc43)cc2)cc1. The van der Waals surface area contributed by atoms with Gasteiger partial charge in [-0.05, 0) is 64.7 Å². The molecule has 0 aliphatic heterocycles. The quantitative estimate of drug-likeness (QED) is 0.162. The van der Waals surface area contributed by atoms with Crippen molar-refractivity contribution in [2.75, 3.05) is 0 Å². The topological polar surface area (TPSA) is 9.86 Å². The molecule has 0 saturated carbocycles. The number of para-hydroxylation sites is 2. The number of fused-ring (bicyclic) bond motifs is 5. The molecule has 3 heteroatoms. The summed E-state index contributed by atoms with van der Waals surface area (Å²) in [7, 11) is 0. The van der Waals surface area contributed by atoms with E-state index in [1.165, 1.54) is 86.7 Å². The van der Waals surface area contributed by atoms with Gasteiger partial charge < -0.3 is 9.13 Å². The van der Waals surface area contributed by atoms with Crippen molar-refractivity contribution in [3.05, 3.63) is 206 Å². The second-order valence-electron chi connectivity index (χ2n) is 14.1. The summed E-state index contributed by atoms with van der Waals surface area (Å²) in [6, 6.07) is 75.1. The van der Waals surface area contributed by atoms with Crippen molar-refractivity contribution in [3.63, 3.8) is 0 Å². The van der Waals surface area contributed by atoms with Crippen LogP contribution in [0, 0.1) is 0 Å². The van der Waals surface area contributed by atoms with Crippen LogP contribution in [0.4, 0.5) is 0 Å². The third-order valence-corrected chi connectivity index (χ3v) is 12.1. The maximum absolute atomic E-state index is 2.50. The molecule has 0 amide bonds. The third-order valence-electron chi connectivity index (χ3n) is 10.9. The fraction of sp³-hybridized carbons (Fsp3) is 0. The Morgan fingerprint density at radius 1 is 0.291 bits per heavy atom. The van der Waals surface area contributed by atoms with Gasteiger partial charge in [-0.15, -0.1) is 11.3 Å². The van der Waals surface area contributed by atoms with E-state index in [-0.39, 0.29) is 0 Å². The minimum Gasteiger partial charge on any atom is -0.309 e. The molecule has 11 aromatic rings. The van der Waals surface area contributed by atoms with Crippen LogP contribution >= 0.6 is 11.3 Å². The molecule has 0 unspecified atom stereocenters. The predicted octanol–water partition coefficient (Wildman–Crippen LogP) is 14.6. The van der Waals surface area contributed by atoms with Gasteiger partial charge in [0.25, 0.3) is 0 Å². The van der Waals surface area contributed by atoms with Crippen LogP contribution in [0.2, 0.25) is 0 Å². The summed E-state index contributed by atoms with van der Waals surface area (Å²) < 4.78 is 7.57. The van der Waals surface area contributed by atoms with E-state index in [0.717, 1.165) is 11.4 Å². The van der Waals surface area contributed by atoms with Crippen LogP contribution in [0.5, 0.6) is 0 Å². The molecule has 8 aromatic carbocycles. The van der Waals surface area contributed by atoms with Crippen molar-refractivity contribution in [1.82, 2.24) is 9.13 Å². The second kappa shape index (κ2) is 12.9. The summed E-state index contributed by atoms with van der Waals surface area (Å²) >= 11 is 1.87. The van der Waals surface area contributed by atoms with Gasteiger partial charge in [0.1, 0.15) is 0 Å². The number of thiophene rings is 1. The Morgan fingerprint density at radius 3 is 1.29 bits per heavy atom. The minimum absolute atomic E-state index is 1.13. The van der Waals surface area contributed by atoms with Crippen molar-refractivity contribution in [3.8, 4) is 56.1 Å². The molecule has 2 nitrogen and oxygen atoms in total. The Hall–Kier alpha value is -6.94. The van der Waals surface area contributed by atoms with E-state index < -0.39 is 0 Å². The second-order valence-corrected chi connectivity index (χ2v) is 15.2. The van der Waals surface area contributed by atoms with Crippen molar-refractivity contribution in [1.29, 1.82) is 0 Å². The van der Waals surface area contributed by atoms with Gasteiger partial charge in [-0.2, -0.15) is 0 Å². The molecule has 11 rings (SSSR count). The van der Waals surface area contributed by atoms with Crippen molar-refractivity contribution >= 4 is 53.3 Å². The standard InChI is InChI=1S/C52H34N2S/c1-4-16-35(17-5-1)36-28-30-39(31-29-36)53-45-25-13-10-23-43(45)49(51(53)37-18-6-2-7-19-37)50-44-24-11-14-26-46(44)54(52(50)38-20-8-3-9-21-38)40-32-33-42-41-22-12-15-27-47(41)55-48(42)34-40/h1-34H. The van der Waals surface area contributed by atoms with Crippen molar-refractivity contribution in [2.24, 2.45) is 0 Å². The van der Waals surface area contributed by atoms with Gasteiger partial charge in [0.2, 0.25) is 0 Å². The number of rotatable bonds is 6. The lowest BCUT2D eigenvalue weighted by Crippen LogP contribution is -1.99. The van der Waals surface area contributed by atoms with Crippen LogP contribution in [0.1, 0.15) is 0 Å². The van der Waals surface area contributed by atoms with Gasteiger partial charge in [0.15, 0.2) is 0 Å². The largest absolute Gasteiger partial charge is 0.309 e. The molecule has 0 fully saturated rings. The Labute approximate surface area is 323 Å². The maximum Gasteiger partial charge on any atom is 0.0620 e. The summed E-state index contributed by atoms with van der Waals surface area (Å²) in [5, 5.41) is 5.05.